The number of nitrogens with one attached hydrogen (secondary N) is 1. The number of rotatable bonds is 6. The summed E-state index contributed by atoms with van der Waals surface area (Å²) in [4.78, 5) is 28.2. The van der Waals surface area contributed by atoms with Crippen molar-refractivity contribution in [2.24, 2.45) is 0 Å². The summed E-state index contributed by atoms with van der Waals surface area (Å²) in [5.41, 5.74) is 0.495. The van der Waals surface area contributed by atoms with Gasteiger partial charge in [0, 0.05) is 36.7 Å². The van der Waals surface area contributed by atoms with E-state index in [1.165, 1.54) is 17.8 Å². The molecule has 2 aromatic heterocycles. The summed E-state index contributed by atoms with van der Waals surface area (Å²) in [5.74, 6) is 0.144. The molecule has 0 bridgehead atoms. The van der Waals surface area contributed by atoms with Crippen molar-refractivity contribution in [1.29, 1.82) is 0 Å². The molecule has 2 aromatic rings. The van der Waals surface area contributed by atoms with Crippen molar-refractivity contribution >= 4 is 23.4 Å². The van der Waals surface area contributed by atoms with Gasteiger partial charge in [-0.2, -0.15) is 0 Å². The largest absolute Gasteiger partial charge is 0.324 e. The van der Waals surface area contributed by atoms with Gasteiger partial charge in [0.15, 0.2) is 5.16 Å². The summed E-state index contributed by atoms with van der Waals surface area (Å²) in [6.45, 7) is 8.92. The second kappa shape index (κ2) is 7.70. The number of pyridine rings is 1. The van der Waals surface area contributed by atoms with Gasteiger partial charge in [-0.15, -0.1) is 0 Å². The lowest BCUT2D eigenvalue weighted by Gasteiger charge is -2.22. The third-order valence-electron chi connectivity index (χ3n) is 3.39. The number of hydrogen-bond donors (Lipinski definition) is 1. The lowest BCUT2D eigenvalue weighted by atomic mass is 10.1. The zero-order chi connectivity index (χ0) is 17.7. The molecule has 0 radical (unpaired) electrons. The van der Waals surface area contributed by atoms with Crippen molar-refractivity contribution in [2.75, 3.05) is 11.1 Å². The van der Waals surface area contributed by atoms with Crippen molar-refractivity contribution in [3.8, 4) is 0 Å². The van der Waals surface area contributed by atoms with Crippen LogP contribution < -0.4 is 10.9 Å². The molecule has 1 amide bonds. The lowest BCUT2D eigenvalue weighted by Crippen LogP contribution is -2.23. The first-order valence-corrected chi connectivity index (χ1v) is 8.97. The Bertz CT molecular complexity index is 758. The van der Waals surface area contributed by atoms with Gasteiger partial charge >= 0.3 is 0 Å². The predicted octanol–water partition coefficient (Wildman–Crippen LogP) is 2.94. The molecular formula is C17H24N4O2S. The molecule has 0 aliphatic rings. The van der Waals surface area contributed by atoms with Crippen molar-refractivity contribution in [3.05, 3.63) is 41.1 Å². The van der Waals surface area contributed by atoms with Gasteiger partial charge in [0.1, 0.15) is 0 Å². The zero-order valence-corrected chi connectivity index (χ0v) is 15.4. The van der Waals surface area contributed by atoms with Crippen molar-refractivity contribution in [3.63, 3.8) is 0 Å². The van der Waals surface area contributed by atoms with E-state index in [9.17, 15) is 9.59 Å². The highest BCUT2D eigenvalue weighted by Crippen LogP contribution is 2.23. The number of imidazole rings is 1. The fourth-order valence-electron chi connectivity index (χ4n) is 2.26. The highest BCUT2D eigenvalue weighted by atomic mass is 32.2. The number of aromatic nitrogens is 3. The smallest absolute Gasteiger partial charge is 0.250 e. The van der Waals surface area contributed by atoms with Crippen LogP contribution in [0.15, 0.2) is 40.7 Å². The summed E-state index contributed by atoms with van der Waals surface area (Å²) in [6.07, 6.45) is 6.21. The van der Waals surface area contributed by atoms with Gasteiger partial charge in [-0.1, -0.05) is 18.7 Å². The number of anilines is 1. The lowest BCUT2D eigenvalue weighted by molar-refractivity contribution is -0.113. The Kier molecular flexibility index (Phi) is 5.88. The maximum absolute atomic E-state index is 12.2. The van der Waals surface area contributed by atoms with Crippen molar-refractivity contribution < 1.29 is 4.79 Å². The summed E-state index contributed by atoms with van der Waals surface area (Å²) in [6, 6.07) is 3.11. The second-order valence-corrected chi connectivity index (χ2v) is 7.48. The minimum atomic E-state index is -0.120. The summed E-state index contributed by atoms with van der Waals surface area (Å²) in [7, 11) is 0. The Morgan fingerprint density at radius 1 is 1.33 bits per heavy atom. The van der Waals surface area contributed by atoms with Crippen LogP contribution in [0.25, 0.3) is 0 Å². The number of carbonyl (C=O) groups excluding carboxylic acids is 1. The van der Waals surface area contributed by atoms with E-state index in [4.69, 9.17) is 0 Å². The average molecular weight is 348 g/mol. The number of aryl methyl sites for hydroxylation is 1. The summed E-state index contributed by atoms with van der Waals surface area (Å²) >= 11 is 1.40. The Morgan fingerprint density at radius 2 is 2.08 bits per heavy atom. The van der Waals surface area contributed by atoms with E-state index < -0.39 is 0 Å². The summed E-state index contributed by atoms with van der Waals surface area (Å²) < 4.78 is 3.65. The molecule has 0 aromatic carbocycles. The molecular weight excluding hydrogens is 324 g/mol. The maximum Gasteiger partial charge on any atom is 0.250 e. The van der Waals surface area contributed by atoms with Crippen LogP contribution in [0.2, 0.25) is 0 Å². The van der Waals surface area contributed by atoms with Crippen LogP contribution in [-0.4, -0.2) is 25.8 Å². The topological polar surface area (TPSA) is 68.9 Å². The Morgan fingerprint density at radius 3 is 2.75 bits per heavy atom. The van der Waals surface area contributed by atoms with Crippen LogP contribution in [0.5, 0.6) is 0 Å². The normalized spacial score (nSPS) is 11.5. The van der Waals surface area contributed by atoms with Crippen LogP contribution in [0.3, 0.4) is 0 Å². The molecule has 0 atom stereocenters. The molecule has 0 aliphatic carbocycles. The van der Waals surface area contributed by atoms with Gasteiger partial charge in [0.25, 0.3) is 5.56 Å². The van der Waals surface area contributed by atoms with Gasteiger partial charge in [0.05, 0.1) is 11.4 Å². The van der Waals surface area contributed by atoms with E-state index in [-0.39, 0.29) is 22.8 Å². The molecule has 0 saturated carbocycles. The number of nitrogens with zero attached hydrogens (tertiary/aromatic N) is 3. The summed E-state index contributed by atoms with van der Waals surface area (Å²) in [5, 5.41) is 3.65. The average Bonchev–Trinajstić information content (AvgIpc) is 2.97. The van der Waals surface area contributed by atoms with Gasteiger partial charge in [-0.05, 0) is 33.3 Å². The molecule has 7 heteroatoms. The van der Waals surface area contributed by atoms with Crippen molar-refractivity contribution in [1.82, 2.24) is 14.1 Å². The number of hydrogen-bond acceptors (Lipinski definition) is 4. The van der Waals surface area contributed by atoms with Crippen LogP contribution in [0, 0.1) is 0 Å². The monoisotopic (exact) mass is 348 g/mol. The molecule has 1 N–H and O–H groups in total. The number of thioether (sulfide) groups is 1. The van der Waals surface area contributed by atoms with E-state index in [1.54, 1.807) is 23.0 Å². The van der Waals surface area contributed by atoms with Crippen LogP contribution in [-0.2, 0) is 16.9 Å². The van der Waals surface area contributed by atoms with E-state index in [1.807, 2.05) is 17.7 Å². The third-order valence-corrected chi connectivity index (χ3v) is 4.36. The number of carbonyl (C=O) groups is 1. The fourth-order valence-corrected chi connectivity index (χ4v) is 3.20. The Hall–Kier alpha value is -2.02. The molecule has 0 fully saturated rings. The Balaban J connectivity index is 1.98. The quantitative estimate of drug-likeness (QED) is 0.815. The van der Waals surface area contributed by atoms with Crippen LogP contribution >= 0.6 is 11.8 Å². The van der Waals surface area contributed by atoms with Gasteiger partial charge in [0.2, 0.25) is 5.91 Å². The molecule has 0 aliphatic heterocycles. The van der Waals surface area contributed by atoms with E-state index in [0.717, 1.165) is 11.6 Å². The first-order chi connectivity index (χ1) is 11.3. The SMILES string of the molecule is CCCn1cc(NC(=O)CSc2nccn2C(C)(C)C)ccc1=O. The number of amides is 1. The molecule has 0 unspecified atom stereocenters. The molecule has 0 saturated heterocycles. The van der Waals surface area contributed by atoms with Gasteiger partial charge < -0.3 is 14.5 Å². The van der Waals surface area contributed by atoms with E-state index >= 15 is 0 Å². The second-order valence-electron chi connectivity index (χ2n) is 6.54. The molecule has 130 valence electrons. The fraction of sp³-hybridized carbons (Fsp3) is 0.471. The third kappa shape index (κ3) is 4.74. The molecule has 0 spiro atoms. The van der Waals surface area contributed by atoms with Gasteiger partial charge in [-0.25, -0.2) is 4.98 Å². The van der Waals surface area contributed by atoms with Crippen molar-refractivity contribution in [2.45, 2.75) is 51.4 Å². The minimum absolute atomic E-state index is 0.0589. The molecule has 24 heavy (non-hydrogen) atoms. The minimum Gasteiger partial charge on any atom is -0.324 e. The van der Waals surface area contributed by atoms with E-state index in [0.29, 0.717) is 12.2 Å². The zero-order valence-electron chi connectivity index (χ0n) is 14.6. The molecule has 6 nitrogen and oxygen atoms in total. The maximum atomic E-state index is 12.2. The molecule has 2 rings (SSSR count). The van der Waals surface area contributed by atoms with Crippen LogP contribution in [0.1, 0.15) is 34.1 Å². The highest BCUT2D eigenvalue weighted by Gasteiger charge is 2.17. The first-order valence-electron chi connectivity index (χ1n) is 7.98. The standard InChI is InChI=1S/C17H24N4O2S/c1-5-9-20-11-13(6-7-15(20)23)19-14(22)12-24-16-18-8-10-21(16)17(2,3)4/h6-8,10-11H,5,9,12H2,1-4H3,(H,19,22). The highest BCUT2D eigenvalue weighted by molar-refractivity contribution is 7.99. The predicted molar refractivity (Wildman–Crippen MR) is 97.6 cm³/mol. The van der Waals surface area contributed by atoms with Gasteiger partial charge in [-0.3, -0.25) is 9.59 Å². The first kappa shape index (κ1) is 18.3. The van der Waals surface area contributed by atoms with E-state index in [2.05, 4.69) is 31.1 Å². The van der Waals surface area contributed by atoms with Crippen LogP contribution in [0.4, 0.5) is 5.69 Å². The Labute approximate surface area is 146 Å². The molecule has 2 heterocycles.